The Bertz CT molecular complexity index is 647. The number of quaternary nitrogens is 1. The average Bonchev–Trinajstić information content (AvgIpc) is 2.92. The van der Waals surface area contributed by atoms with Crippen LogP contribution in [0.4, 0.5) is 0 Å². The van der Waals surface area contributed by atoms with Crippen molar-refractivity contribution in [1.29, 1.82) is 0 Å². The van der Waals surface area contributed by atoms with E-state index in [1.54, 1.807) is 6.92 Å². The SMILES string of the molecule is CCCCCCCCC/C=C/CCCCCCC[N+](CC(CC)C(=O)[O-])(CC(CC)C(=O)O)CC(CC)C(=O)O. The van der Waals surface area contributed by atoms with E-state index in [0.29, 0.717) is 25.8 Å². The molecule has 0 saturated heterocycles. The van der Waals surface area contributed by atoms with Gasteiger partial charge in [0.05, 0.1) is 32.1 Å². The van der Waals surface area contributed by atoms with Crippen LogP contribution in [0.3, 0.4) is 0 Å². The van der Waals surface area contributed by atoms with E-state index < -0.39 is 35.7 Å². The lowest BCUT2D eigenvalue weighted by Crippen LogP contribution is -2.59. The smallest absolute Gasteiger partial charge is 0.312 e. The minimum atomic E-state index is -1.14. The van der Waals surface area contributed by atoms with Crippen molar-refractivity contribution in [3.63, 3.8) is 0 Å². The molecule has 7 nitrogen and oxygen atoms in total. The second-order valence-corrected chi connectivity index (χ2v) is 11.9. The summed E-state index contributed by atoms with van der Waals surface area (Å²) in [6.45, 7) is 9.00. The van der Waals surface area contributed by atoms with Crippen LogP contribution >= 0.6 is 0 Å². The number of rotatable bonds is 28. The molecule has 0 radical (unpaired) electrons. The third kappa shape index (κ3) is 17.7. The van der Waals surface area contributed by atoms with Gasteiger partial charge >= 0.3 is 11.9 Å². The molecule has 0 aromatic rings. The molecule has 234 valence electrons. The number of carbonyl (C=O) groups excluding carboxylic acids is 1. The number of nitrogens with zero attached hydrogens (tertiary/aromatic N) is 1. The fraction of sp³-hybridized carbons (Fsp3) is 0.848. The van der Waals surface area contributed by atoms with Crippen molar-refractivity contribution in [2.24, 2.45) is 17.8 Å². The number of aliphatic carboxylic acids is 3. The first-order valence-corrected chi connectivity index (χ1v) is 16.3. The van der Waals surface area contributed by atoms with Crippen molar-refractivity contribution >= 4 is 17.9 Å². The van der Waals surface area contributed by atoms with E-state index in [1.807, 2.05) is 13.8 Å². The summed E-state index contributed by atoms with van der Waals surface area (Å²) < 4.78 is 0.212. The quantitative estimate of drug-likeness (QED) is 0.0608. The van der Waals surface area contributed by atoms with Gasteiger partial charge < -0.3 is 24.6 Å². The van der Waals surface area contributed by atoms with Gasteiger partial charge in [-0.15, -0.1) is 0 Å². The number of allylic oxidation sites excluding steroid dienone is 2. The lowest BCUT2D eigenvalue weighted by atomic mass is 9.95. The van der Waals surface area contributed by atoms with Crippen LogP contribution in [0.5, 0.6) is 0 Å². The molecule has 0 fully saturated rings. The predicted octanol–water partition coefficient (Wildman–Crippen LogP) is 6.84. The zero-order valence-electron chi connectivity index (χ0n) is 26.2. The highest BCUT2D eigenvalue weighted by atomic mass is 16.4. The van der Waals surface area contributed by atoms with Crippen molar-refractivity contribution in [2.75, 3.05) is 26.2 Å². The van der Waals surface area contributed by atoms with Crippen molar-refractivity contribution in [3.8, 4) is 0 Å². The molecule has 0 amide bonds. The molecule has 3 atom stereocenters. The Kier molecular flexibility index (Phi) is 22.7. The van der Waals surface area contributed by atoms with E-state index in [0.717, 1.165) is 38.5 Å². The normalized spacial score (nSPS) is 15.5. The van der Waals surface area contributed by atoms with Gasteiger partial charge in [0.2, 0.25) is 0 Å². The summed E-state index contributed by atoms with van der Waals surface area (Å²) >= 11 is 0. The molecule has 0 aromatic carbocycles. The highest BCUT2D eigenvalue weighted by molar-refractivity contribution is 5.70. The Labute approximate surface area is 245 Å². The summed E-state index contributed by atoms with van der Waals surface area (Å²) in [5, 5.41) is 31.4. The Morgan fingerprint density at radius 1 is 0.600 bits per heavy atom. The number of carbonyl (C=O) groups is 3. The second-order valence-electron chi connectivity index (χ2n) is 11.9. The van der Waals surface area contributed by atoms with Crippen LogP contribution < -0.4 is 5.11 Å². The first-order chi connectivity index (χ1) is 19.2. The molecular formula is C33H61NO6. The molecule has 0 aliphatic heterocycles. The number of hydrogen-bond acceptors (Lipinski definition) is 4. The molecule has 2 N–H and O–H groups in total. The van der Waals surface area contributed by atoms with Crippen molar-refractivity contribution in [3.05, 3.63) is 12.2 Å². The van der Waals surface area contributed by atoms with Crippen molar-refractivity contribution in [1.82, 2.24) is 0 Å². The van der Waals surface area contributed by atoms with Gasteiger partial charge in [0, 0.05) is 5.92 Å². The number of hydrogen-bond donors (Lipinski definition) is 2. The highest BCUT2D eigenvalue weighted by Gasteiger charge is 2.39. The van der Waals surface area contributed by atoms with Crippen LogP contribution in [0.25, 0.3) is 0 Å². The predicted molar refractivity (Wildman–Crippen MR) is 161 cm³/mol. The lowest BCUT2D eigenvalue weighted by molar-refractivity contribution is -0.935. The Hall–Kier alpha value is -1.89. The summed E-state index contributed by atoms with van der Waals surface area (Å²) in [5.41, 5.74) is 0. The summed E-state index contributed by atoms with van der Waals surface area (Å²) in [6, 6.07) is 0. The van der Waals surface area contributed by atoms with E-state index >= 15 is 0 Å². The topological polar surface area (TPSA) is 115 Å². The summed E-state index contributed by atoms with van der Waals surface area (Å²) in [5.74, 6) is -4.97. The van der Waals surface area contributed by atoms with Gasteiger partial charge in [0.1, 0.15) is 11.8 Å². The second kappa shape index (κ2) is 23.8. The molecule has 7 heteroatoms. The van der Waals surface area contributed by atoms with Crippen LogP contribution in [0.2, 0.25) is 0 Å². The van der Waals surface area contributed by atoms with E-state index in [9.17, 15) is 29.7 Å². The summed E-state index contributed by atoms with van der Waals surface area (Å²) in [4.78, 5) is 35.7. The van der Waals surface area contributed by atoms with E-state index in [-0.39, 0.29) is 24.1 Å². The van der Waals surface area contributed by atoms with E-state index in [1.165, 1.54) is 51.4 Å². The van der Waals surface area contributed by atoms with Crippen LogP contribution in [-0.2, 0) is 14.4 Å². The molecule has 0 rings (SSSR count). The standard InChI is InChI=1S/C33H61NO6/c1-5-9-10-11-12-13-14-15-16-17-18-19-20-21-22-23-24-34(25-28(6-2)31(35)36,26-29(7-3)32(37)38)27-30(8-4)33(39)40/h16-17,28-30H,5-15,18-27H2,1-4H3,(H2-,35,36,37,38,39,40)/b17-16+. The monoisotopic (exact) mass is 567 g/mol. The summed E-state index contributed by atoms with van der Waals surface area (Å²) in [7, 11) is 0. The Morgan fingerprint density at radius 3 is 1.35 bits per heavy atom. The minimum absolute atomic E-state index is 0.212. The van der Waals surface area contributed by atoms with Crippen LogP contribution in [0, 0.1) is 17.8 Å². The molecule has 0 aliphatic rings. The van der Waals surface area contributed by atoms with Gasteiger partial charge in [-0.25, -0.2) is 0 Å². The summed E-state index contributed by atoms with van der Waals surface area (Å²) in [6.07, 6.45) is 22.6. The maximum absolute atomic E-state index is 11.9. The largest absolute Gasteiger partial charge is 0.550 e. The van der Waals surface area contributed by atoms with Gasteiger partial charge in [-0.1, -0.05) is 91.2 Å². The first-order valence-electron chi connectivity index (χ1n) is 16.3. The van der Waals surface area contributed by atoms with Crippen LogP contribution in [0.15, 0.2) is 12.2 Å². The minimum Gasteiger partial charge on any atom is -0.550 e. The van der Waals surface area contributed by atoms with Crippen LogP contribution in [0.1, 0.15) is 137 Å². The van der Waals surface area contributed by atoms with Crippen molar-refractivity contribution in [2.45, 2.75) is 137 Å². The van der Waals surface area contributed by atoms with Crippen molar-refractivity contribution < 1.29 is 34.2 Å². The van der Waals surface area contributed by atoms with Gasteiger partial charge in [0.15, 0.2) is 0 Å². The molecule has 3 unspecified atom stereocenters. The van der Waals surface area contributed by atoms with Gasteiger partial charge in [-0.2, -0.15) is 0 Å². The number of carboxylic acids is 3. The fourth-order valence-electron chi connectivity index (χ4n) is 5.73. The molecule has 0 aliphatic carbocycles. The zero-order chi connectivity index (χ0) is 30.2. The Morgan fingerprint density at radius 2 is 0.975 bits per heavy atom. The molecule has 0 heterocycles. The lowest BCUT2D eigenvalue weighted by Gasteiger charge is -2.44. The molecule has 0 saturated carbocycles. The van der Waals surface area contributed by atoms with Gasteiger partial charge in [-0.3, -0.25) is 9.59 Å². The third-order valence-electron chi connectivity index (χ3n) is 8.48. The molecule has 40 heavy (non-hydrogen) atoms. The molecular weight excluding hydrogens is 506 g/mol. The van der Waals surface area contributed by atoms with E-state index in [4.69, 9.17) is 0 Å². The maximum Gasteiger partial charge on any atom is 0.312 e. The average molecular weight is 568 g/mol. The first kappa shape index (κ1) is 38.1. The third-order valence-corrected chi connectivity index (χ3v) is 8.48. The van der Waals surface area contributed by atoms with E-state index in [2.05, 4.69) is 19.1 Å². The molecule has 0 aromatic heterocycles. The number of carboxylic acid groups (broad SMARTS) is 3. The molecule has 0 bridgehead atoms. The number of unbranched alkanes of at least 4 members (excludes halogenated alkanes) is 12. The Balaban J connectivity index is 4.91. The fourth-order valence-corrected chi connectivity index (χ4v) is 5.73. The zero-order valence-corrected chi connectivity index (χ0v) is 26.2. The van der Waals surface area contributed by atoms with Gasteiger partial charge in [-0.05, 0) is 57.8 Å². The highest BCUT2D eigenvalue weighted by Crippen LogP contribution is 2.25. The molecule has 0 spiro atoms. The van der Waals surface area contributed by atoms with Crippen LogP contribution in [-0.4, -0.2) is 58.8 Å². The van der Waals surface area contributed by atoms with Gasteiger partial charge in [0.25, 0.3) is 0 Å². The maximum atomic E-state index is 11.9.